The average molecular weight is 398 g/mol. The van der Waals surface area contributed by atoms with Gasteiger partial charge in [0.1, 0.15) is 18.8 Å². The molecule has 1 saturated carbocycles. The molecule has 6 atom stereocenters. The Balaban J connectivity index is 1.63. The number of fused-ring (bicyclic) bond motifs is 2. The van der Waals surface area contributed by atoms with E-state index in [0.29, 0.717) is 18.4 Å². The Bertz CT molecular complexity index is 942. The minimum Gasteiger partial charge on any atom is -0.472 e. The van der Waals surface area contributed by atoms with Crippen LogP contribution in [-0.4, -0.2) is 30.6 Å². The molecule has 2 saturated heterocycles. The summed E-state index contributed by atoms with van der Waals surface area (Å²) in [7, 11) is 0. The monoisotopic (exact) mass is 398 g/mol. The van der Waals surface area contributed by atoms with Gasteiger partial charge in [0.05, 0.1) is 18.4 Å². The maximum absolute atomic E-state index is 13.2. The fraction of sp³-hybridized carbons (Fsp3) is 0.500. The second-order valence-electron chi connectivity index (χ2n) is 8.70. The molecule has 2 aliphatic carbocycles. The molecule has 1 aromatic heterocycles. The molecule has 0 bridgehead atoms. The summed E-state index contributed by atoms with van der Waals surface area (Å²) in [5, 5.41) is 0. The van der Waals surface area contributed by atoms with Gasteiger partial charge in [0.2, 0.25) is 0 Å². The van der Waals surface area contributed by atoms with Gasteiger partial charge in [0.25, 0.3) is 0 Å². The summed E-state index contributed by atoms with van der Waals surface area (Å²) >= 11 is 0. The molecule has 1 spiro atoms. The lowest BCUT2D eigenvalue weighted by molar-refractivity contribution is -0.210. The van der Waals surface area contributed by atoms with Crippen LogP contribution in [0.1, 0.15) is 38.4 Å². The van der Waals surface area contributed by atoms with Crippen molar-refractivity contribution in [1.29, 1.82) is 0 Å². The number of ether oxygens (including phenoxy) is 3. The lowest BCUT2D eigenvalue weighted by atomic mass is 9.46. The molecule has 0 N–H and O–H groups in total. The van der Waals surface area contributed by atoms with Gasteiger partial charge < -0.3 is 18.6 Å². The molecule has 4 aliphatic rings. The molecule has 0 radical (unpaired) electrons. The van der Waals surface area contributed by atoms with Crippen molar-refractivity contribution in [2.45, 2.75) is 38.9 Å². The Morgan fingerprint density at radius 3 is 2.83 bits per heavy atom. The minimum absolute atomic E-state index is 0.125. The summed E-state index contributed by atoms with van der Waals surface area (Å²) in [6.45, 7) is 3.58. The lowest BCUT2D eigenvalue weighted by Crippen LogP contribution is -2.62. The first kappa shape index (κ1) is 18.2. The molecule has 29 heavy (non-hydrogen) atoms. The topological polar surface area (TPSA) is 92.0 Å². The van der Waals surface area contributed by atoms with E-state index in [1.807, 2.05) is 13.0 Å². The van der Waals surface area contributed by atoms with Crippen LogP contribution >= 0.6 is 0 Å². The summed E-state index contributed by atoms with van der Waals surface area (Å²) in [6, 6.07) is 1.79. The molecule has 152 valence electrons. The van der Waals surface area contributed by atoms with Gasteiger partial charge in [-0.05, 0) is 30.2 Å². The number of hydrogen-bond acceptors (Lipinski definition) is 7. The van der Waals surface area contributed by atoms with Gasteiger partial charge in [-0.25, -0.2) is 4.79 Å². The normalized spacial score (nSPS) is 40.1. The van der Waals surface area contributed by atoms with Crippen LogP contribution in [0.4, 0.5) is 0 Å². The van der Waals surface area contributed by atoms with Crippen molar-refractivity contribution in [3.63, 3.8) is 0 Å². The molecule has 2 aliphatic heterocycles. The molecule has 3 fully saturated rings. The molecule has 5 rings (SSSR count). The van der Waals surface area contributed by atoms with Gasteiger partial charge in [-0.3, -0.25) is 9.59 Å². The molecule has 1 unspecified atom stereocenters. The molecular formula is C22H22O7. The molecule has 3 heterocycles. The van der Waals surface area contributed by atoms with Gasteiger partial charge in [-0.15, -0.1) is 0 Å². The Labute approximate surface area is 167 Å². The van der Waals surface area contributed by atoms with E-state index >= 15 is 0 Å². The van der Waals surface area contributed by atoms with Gasteiger partial charge in [-0.1, -0.05) is 25.2 Å². The first-order valence-corrected chi connectivity index (χ1v) is 9.81. The van der Waals surface area contributed by atoms with E-state index in [2.05, 4.69) is 6.08 Å². The average Bonchev–Trinajstić information content (AvgIpc) is 3.29. The first-order valence-electron chi connectivity index (χ1n) is 9.81. The summed E-state index contributed by atoms with van der Waals surface area (Å²) in [5.74, 6) is -1.93. The van der Waals surface area contributed by atoms with E-state index in [0.717, 1.165) is 5.56 Å². The van der Waals surface area contributed by atoms with E-state index in [-0.39, 0.29) is 24.5 Å². The van der Waals surface area contributed by atoms with E-state index in [1.165, 1.54) is 6.92 Å². The van der Waals surface area contributed by atoms with Crippen LogP contribution in [0, 0.1) is 22.7 Å². The Hall–Kier alpha value is -2.83. The van der Waals surface area contributed by atoms with Crippen LogP contribution in [0.2, 0.25) is 0 Å². The SMILES string of the molecule is CC(=O)O[C@H]1C[C@]23COC(=O)C2=CC=CC3[C@]2(C)C[C@@H](c3ccoc3)OC(=O)[C@H]12. The van der Waals surface area contributed by atoms with Crippen molar-refractivity contribution in [2.75, 3.05) is 6.61 Å². The van der Waals surface area contributed by atoms with E-state index < -0.39 is 34.9 Å². The Kier molecular flexibility index (Phi) is 3.82. The Morgan fingerprint density at radius 2 is 2.10 bits per heavy atom. The standard InChI is InChI=1S/C22H22O7/c1-12(23)28-16-9-22-11-27-19(24)14(22)4-3-5-17(22)21(2)8-15(13-6-7-26-10-13)29-20(25)18(16)21/h3-7,10,15-18H,8-9,11H2,1-2H3/t15-,16-,17?,18-,21-,22-/m0/s1. The zero-order valence-corrected chi connectivity index (χ0v) is 16.3. The third kappa shape index (κ3) is 2.46. The van der Waals surface area contributed by atoms with Crippen molar-refractivity contribution in [1.82, 2.24) is 0 Å². The highest BCUT2D eigenvalue weighted by Gasteiger charge is 2.68. The van der Waals surface area contributed by atoms with Crippen LogP contribution in [0.25, 0.3) is 0 Å². The summed E-state index contributed by atoms with van der Waals surface area (Å²) < 4.78 is 22.0. The van der Waals surface area contributed by atoms with Crippen molar-refractivity contribution in [2.24, 2.45) is 22.7 Å². The smallest absolute Gasteiger partial charge is 0.334 e. The van der Waals surface area contributed by atoms with Gasteiger partial charge in [0, 0.05) is 23.5 Å². The minimum atomic E-state index is -0.684. The van der Waals surface area contributed by atoms with Crippen LogP contribution in [0.3, 0.4) is 0 Å². The number of allylic oxidation sites excluding steroid dienone is 3. The molecule has 7 heteroatoms. The molecular weight excluding hydrogens is 376 g/mol. The van der Waals surface area contributed by atoms with E-state index in [1.54, 1.807) is 24.7 Å². The fourth-order valence-electron chi connectivity index (χ4n) is 6.03. The summed E-state index contributed by atoms with van der Waals surface area (Å²) in [6.07, 6.45) is 8.58. The number of rotatable bonds is 2. The zero-order valence-electron chi connectivity index (χ0n) is 16.3. The van der Waals surface area contributed by atoms with Crippen LogP contribution in [0.15, 0.2) is 46.8 Å². The molecule has 0 aromatic carbocycles. The molecule has 1 aromatic rings. The number of furan rings is 1. The van der Waals surface area contributed by atoms with Crippen LogP contribution in [-0.2, 0) is 28.6 Å². The number of esters is 3. The highest BCUT2D eigenvalue weighted by atomic mass is 16.6. The van der Waals surface area contributed by atoms with Gasteiger partial charge in [-0.2, -0.15) is 0 Å². The number of carbonyl (C=O) groups excluding carboxylic acids is 3. The largest absolute Gasteiger partial charge is 0.472 e. The summed E-state index contributed by atoms with van der Waals surface area (Å²) in [5.41, 5.74) is 0.173. The fourth-order valence-corrected chi connectivity index (χ4v) is 6.03. The highest BCUT2D eigenvalue weighted by Crippen LogP contribution is 2.65. The second kappa shape index (κ2) is 6.08. The second-order valence-corrected chi connectivity index (χ2v) is 8.70. The Morgan fingerprint density at radius 1 is 1.28 bits per heavy atom. The van der Waals surface area contributed by atoms with Crippen molar-refractivity contribution < 1.29 is 33.0 Å². The van der Waals surface area contributed by atoms with E-state index in [4.69, 9.17) is 18.6 Å². The maximum atomic E-state index is 13.2. The number of carbonyl (C=O) groups is 3. The first-order chi connectivity index (χ1) is 13.8. The van der Waals surface area contributed by atoms with Crippen molar-refractivity contribution >= 4 is 17.9 Å². The molecule has 0 amide bonds. The number of cyclic esters (lactones) is 2. The third-order valence-corrected chi connectivity index (χ3v) is 7.11. The van der Waals surface area contributed by atoms with Crippen LogP contribution < -0.4 is 0 Å². The quantitative estimate of drug-likeness (QED) is 0.559. The maximum Gasteiger partial charge on any atom is 0.334 e. The highest BCUT2D eigenvalue weighted by molar-refractivity contribution is 5.93. The van der Waals surface area contributed by atoms with Crippen molar-refractivity contribution in [3.8, 4) is 0 Å². The van der Waals surface area contributed by atoms with Crippen LogP contribution in [0.5, 0.6) is 0 Å². The van der Waals surface area contributed by atoms with E-state index in [9.17, 15) is 14.4 Å². The molecule has 7 nitrogen and oxygen atoms in total. The predicted molar refractivity (Wildman–Crippen MR) is 98.0 cm³/mol. The predicted octanol–water partition coefficient (Wildman–Crippen LogP) is 2.88. The lowest BCUT2D eigenvalue weighted by Gasteiger charge is -2.58. The van der Waals surface area contributed by atoms with Gasteiger partial charge in [0.15, 0.2) is 0 Å². The zero-order chi connectivity index (χ0) is 20.4. The third-order valence-electron chi connectivity index (χ3n) is 7.11. The van der Waals surface area contributed by atoms with Crippen molar-refractivity contribution in [3.05, 3.63) is 48.0 Å². The number of hydrogen-bond donors (Lipinski definition) is 0. The summed E-state index contributed by atoms with van der Waals surface area (Å²) in [4.78, 5) is 37.5. The van der Waals surface area contributed by atoms with Gasteiger partial charge >= 0.3 is 17.9 Å².